The normalized spacial score (nSPS) is 11.6. The molecule has 0 fully saturated rings. The molecule has 0 radical (unpaired) electrons. The third kappa shape index (κ3) is 3.58. The monoisotopic (exact) mass is 332 g/mol. The van der Waals surface area contributed by atoms with Gasteiger partial charge in [0.15, 0.2) is 5.82 Å². The molecule has 0 aliphatic carbocycles. The van der Waals surface area contributed by atoms with Crippen molar-refractivity contribution in [3.8, 4) is 0 Å². The first-order chi connectivity index (χ1) is 9.95. The Morgan fingerprint density at radius 2 is 2.00 bits per heavy atom. The van der Waals surface area contributed by atoms with Crippen molar-refractivity contribution in [2.24, 2.45) is 0 Å². The summed E-state index contributed by atoms with van der Waals surface area (Å²) in [5.74, 6) is -1.85. The molecule has 0 spiro atoms. The topological polar surface area (TPSA) is 58.2 Å². The van der Waals surface area contributed by atoms with Crippen LogP contribution in [-0.4, -0.2) is 15.0 Å². The summed E-state index contributed by atoms with van der Waals surface area (Å²) in [7, 11) is -4.09. The zero-order chi connectivity index (χ0) is 15.5. The van der Waals surface area contributed by atoms with Gasteiger partial charge in [-0.3, -0.25) is 4.72 Å². The van der Waals surface area contributed by atoms with E-state index in [0.29, 0.717) is 12.2 Å². The summed E-state index contributed by atoms with van der Waals surface area (Å²) in [6.45, 7) is 2.23. The van der Waals surface area contributed by atoms with Crippen LogP contribution in [0.15, 0.2) is 33.9 Å². The Hall–Kier alpha value is -1.51. The zero-order valence-corrected chi connectivity index (χ0v) is 12.8. The maximum Gasteiger partial charge on any atom is 0.264 e. The minimum Gasteiger partial charge on any atom is -0.313 e. The highest BCUT2D eigenvalue weighted by Crippen LogP contribution is 2.24. The second-order valence-electron chi connectivity index (χ2n) is 4.24. The van der Waals surface area contributed by atoms with Crippen molar-refractivity contribution in [3.05, 3.63) is 46.2 Å². The Morgan fingerprint density at radius 1 is 1.24 bits per heavy atom. The highest BCUT2D eigenvalue weighted by Gasteiger charge is 2.23. The molecule has 0 bridgehead atoms. The van der Waals surface area contributed by atoms with Crippen LogP contribution in [0.1, 0.15) is 12.5 Å². The standard InChI is InChI=1S/C13H14F2N2O2S2/c1-2-16-7-10-11(14)3-4-12(13(10)15)21(18,19)17-9-5-6-20-8-9/h3-6,8,16-17H,2,7H2,1H3. The first kappa shape index (κ1) is 15.9. The van der Waals surface area contributed by atoms with E-state index >= 15 is 0 Å². The number of benzene rings is 1. The van der Waals surface area contributed by atoms with Crippen LogP contribution in [0.25, 0.3) is 0 Å². The van der Waals surface area contributed by atoms with E-state index < -0.39 is 26.6 Å². The maximum absolute atomic E-state index is 14.3. The van der Waals surface area contributed by atoms with Crippen LogP contribution in [0, 0.1) is 11.6 Å². The van der Waals surface area contributed by atoms with Crippen molar-refractivity contribution in [2.75, 3.05) is 11.3 Å². The molecule has 1 aromatic carbocycles. The van der Waals surface area contributed by atoms with Crippen molar-refractivity contribution in [2.45, 2.75) is 18.4 Å². The van der Waals surface area contributed by atoms with Crippen LogP contribution in [-0.2, 0) is 16.6 Å². The first-order valence-electron chi connectivity index (χ1n) is 6.18. The van der Waals surface area contributed by atoms with E-state index in [0.717, 1.165) is 12.1 Å². The smallest absolute Gasteiger partial charge is 0.264 e. The van der Waals surface area contributed by atoms with E-state index in [-0.39, 0.29) is 12.1 Å². The average Bonchev–Trinajstić information content (AvgIpc) is 2.90. The van der Waals surface area contributed by atoms with Crippen molar-refractivity contribution >= 4 is 27.0 Å². The van der Waals surface area contributed by atoms with Crippen LogP contribution in [0.4, 0.5) is 14.5 Å². The Kier molecular flexibility index (Phi) is 4.92. The fraction of sp³-hybridized carbons (Fsp3) is 0.231. The van der Waals surface area contributed by atoms with Crippen LogP contribution < -0.4 is 10.0 Å². The molecule has 0 saturated carbocycles. The van der Waals surface area contributed by atoms with Gasteiger partial charge in [0.2, 0.25) is 0 Å². The quantitative estimate of drug-likeness (QED) is 0.855. The molecular weight excluding hydrogens is 318 g/mol. The molecule has 8 heteroatoms. The van der Waals surface area contributed by atoms with Gasteiger partial charge in [0.05, 0.1) is 5.69 Å². The SMILES string of the molecule is CCNCc1c(F)ccc(S(=O)(=O)Nc2ccsc2)c1F. The molecule has 1 heterocycles. The fourth-order valence-electron chi connectivity index (χ4n) is 1.73. The average molecular weight is 332 g/mol. The summed E-state index contributed by atoms with van der Waals surface area (Å²) in [4.78, 5) is -0.567. The summed E-state index contributed by atoms with van der Waals surface area (Å²) < 4.78 is 54.5. The van der Waals surface area contributed by atoms with Crippen molar-refractivity contribution in [1.29, 1.82) is 0 Å². The molecule has 2 aromatic rings. The minimum absolute atomic E-state index is 0.0734. The van der Waals surface area contributed by atoms with E-state index in [9.17, 15) is 17.2 Å². The van der Waals surface area contributed by atoms with Gasteiger partial charge >= 0.3 is 0 Å². The summed E-state index contributed by atoms with van der Waals surface area (Å²) in [6, 6.07) is 3.44. The molecule has 0 saturated heterocycles. The second-order valence-corrected chi connectivity index (χ2v) is 6.67. The largest absolute Gasteiger partial charge is 0.313 e. The molecule has 0 aliphatic heterocycles. The zero-order valence-electron chi connectivity index (χ0n) is 11.2. The number of halogens is 2. The van der Waals surface area contributed by atoms with E-state index in [1.165, 1.54) is 11.3 Å². The number of hydrogen-bond donors (Lipinski definition) is 2. The number of nitrogens with one attached hydrogen (secondary N) is 2. The first-order valence-corrected chi connectivity index (χ1v) is 8.61. The van der Waals surface area contributed by atoms with Crippen LogP contribution in [0.2, 0.25) is 0 Å². The molecule has 4 nitrogen and oxygen atoms in total. The molecule has 0 unspecified atom stereocenters. The molecule has 2 N–H and O–H groups in total. The third-order valence-electron chi connectivity index (χ3n) is 2.77. The van der Waals surface area contributed by atoms with Crippen molar-refractivity contribution in [3.63, 3.8) is 0 Å². The van der Waals surface area contributed by atoms with Crippen molar-refractivity contribution < 1.29 is 17.2 Å². The number of anilines is 1. The number of thiophene rings is 1. The summed E-state index contributed by atoms with van der Waals surface area (Å²) in [5, 5.41) is 6.05. The molecule has 0 atom stereocenters. The number of rotatable bonds is 6. The number of sulfonamides is 1. The predicted molar refractivity (Wildman–Crippen MR) is 78.9 cm³/mol. The highest BCUT2D eigenvalue weighted by atomic mass is 32.2. The molecule has 2 rings (SSSR count). The van der Waals surface area contributed by atoms with E-state index in [1.807, 2.05) is 0 Å². The summed E-state index contributed by atoms with van der Waals surface area (Å²) >= 11 is 1.31. The van der Waals surface area contributed by atoms with Gasteiger partial charge in [-0.1, -0.05) is 6.92 Å². The molecule has 1 aromatic heterocycles. The van der Waals surface area contributed by atoms with Crippen LogP contribution in [0.3, 0.4) is 0 Å². The Balaban J connectivity index is 2.39. The van der Waals surface area contributed by atoms with E-state index in [1.54, 1.807) is 23.8 Å². The van der Waals surface area contributed by atoms with Gasteiger partial charge in [-0.2, -0.15) is 11.3 Å². The van der Waals surface area contributed by atoms with Gasteiger partial charge in [0.25, 0.3) is 10.0 Å². The maximum atomic E-state index is 14.3. The second kappa shape index (κ2) is 6.50. The molecular formula is C13H14F2N2O2S2. The lowest BCUT2D eigenvalue weighted by atomic mass is 10.2. The Labute approximate surface area is 125 Å². The molecule has 21 heavy (non-hydrogen) atoms. The minimum atomic E-state index is -4.09. The van der Waals surface area contributed by atoms with Crippen LogP contribution in [0.5, 0.6) is 0 Å². The third-order valence-corrected chi connectivity index (χ3v) is 4.85. The Bertz CT molecular complexity index is 716. The molecule has 0 amide bonds. The number of hydrogen-bond acceptors (Lipinski definition) is 4. The fourth-order valence-corrected chi connectivity index (χ4v) is 3.54. The van der Waals surface area contributed by atoms with Crippen molar-refractivity contribution in [1.82, 2.24) is 5.32 Å². The summed E-state index contributed by atoms with van der Waals surface area (Å²) in [6.07, 6.45) is 0. The van der Waals surface area contributed by atoms with E-state index in [4.69, 9.17) is 0 Å². The lowest BCUT2D eigenvalue weighted by Gasteiger charge is -2.11. The lowest BCUT2D eigenvalue weighted by Crippen LogP contribution is -2.19. The van der Waals surface area contributed by atoms with E-state index in [2.05, 4.69) is 10.0 Å². The lowest BCUT2D eigenvalue weighted by molar-refractivity contribution is 0.517. The van der Waals surface area contributed by atoms with Gasteiger partial charge in [-0.25, -0.2) is 17.2 Å². The van der Waals surface area contributed by atoms with Gasteiger partial charge in [0.1, 0.15) is 10.7 Å². The molecule has 114 valence electrons. The van der Waals surface area contributed by atoms with Crippen LogP contribution >= 0.6 is 11.3 Å². The van der Waals surface area contributed by atoms with Gasteiger partial charge in [-0.15, -0.1) is 0 Å². The molecule has 0 aliphatic rings. The summed E-state index contributed by atoms with van der Waals surface area (Å²) in [5.41, 5.74) is 0.0574. The Morgan fingerprint density at radius 3 is 2.62 bits per heavy atom. The van der Waals surface area contributed by atoms with Gasteiger partial charge in [0, 0.05) is 17.5 Å². The van der Waals surface area contributed by atoms with Gasteiger partial charge in [-0.05, 0) is 30.1 Å². The van der Waals surface area contributed by atoms with Gasteiger partial charge < -0.3 is 5.32 Å². The predicted octanol–water partition coefficient (Wildman–Crippen LogP) is 2.94. The highest BCUT2D eigenvalue weighted by molar-refractivity contribution is 7.92.